The highest BCUT2D eigenvalue weighted by Crippen LogP contribution is 2.22. The first-order chi connectivity index (χ1) is 9.66. The van der Waals surface area contributed by atoms with E-state index in [1.165, 1.54) is 24.1 Å². The third-order valence-electron chi connectivity index (χ3n) is 3.78. The summed E-state index contributed by atoms with van der Waals surface area (Å²) >= 11 is 0. The van der Waals surface area contributed by atoms with Crippen molar-refractivity contribution in [2.75, 3.05) is 31.7 Å². The van der Waals surface area contributed by atoms with Gasteiger partial charge in [-0.3, -0.25) is 4.98 Å². The molecule has 2 heterocycles. The molecule has 0 saturated carbocycles. The number of ether oxygens (including phenoxy) is 1. The van der Waals surface area contributed by atoms with Gasteiger partial charge in [0.05, 0.1) is 6.61 Å². The van der Waals surface area contributed by atoms with Crippen LogP contribution in [-0.4, -0.2) is 37.8 Å². The van der Waals surface area contributed by atoms with E-state index in [4.69, 9.17) is 4.74 Å². The standard InChI is InChI=1S/C16H27N3O/c1-13(2)18-10-15-9-17-7-6-16(15)19(3)11-14-5-4-8-20-12-14/h6-7,9,13-14,18H,4-5,8,10-12H2,1-3H3. The SMILES string of the molecule is CC(C)NCc1cnccc1N(C)CC1CCCOC1. The molecule has 1 fully saturated rings. The maximum atomic E-state index is 5.58. The molecule has 1 atom stereocenters. The van der Waals surface area contributed by atoms with E-state index in [1.807, 2.05) is 12.4 Å². The number of pyridine rings is 1. The number of rotatable bonds is 6. The average Bonchev–Trinajstić information content (AvgIpc) is 2.46. The van der Waals surface area contributed by atoms with Crippen molar-refractivity contribution in [2.24, 2.45) is 5.92 Å². The van der Waals surface area contributed by atoms with Gasteiger partial charge in [0.2, 0.25) is 0 Å². The number of hydrogen-bond acceptors (Lipinski definition) is 4. The second kappa shape index (κ2) is 7.60. The smallest absolute Gasteiger partial charge is 0.0511 e. The normalized spacial score (nSPS) is 19.3. The number of nitrogens with zero attached hydrogens (tertiary/aromatic N) is 2. The highest BCUT2D eigenvalue weighted by atomic mass is 16.5. The molecule has 0 aliphatic carbocycles. The van der Waals surface area contributed by atoms with E-state index in [1.54, 1.807) is 0 Å². The Labute approximate surface area is 122 Å². The molecule has 4 heteroatoms. The number of nitrogens with one attached hydrogen (secondary N) is 1. The van der Waals surface area contributed by atoms with Gasteiger partial charge < -0.3 is 15.0 Å². The summed E-state index contributed by atoms with van der Waals surface area (Å²) in [6, 6.07) is 2.60. The van der Waals surface area contributed by atoms with Crippen LogP contribution < -0.4 is 10.2 Å². The maximum Gasteiger partial charge on any atom is 0.0511 e. The van der Waals surface area contributed by atoms with Gasteiger partial charge in [0.15, 0.2) is 0 Å². The molecule has 1 saturated heterocycles. The molecule has 20 heavy (non-hydrogen) atoms. The Balaban J connectivity index is 1.98. The third-order valence-corrected chi connectivity index (χ3v) is 3.78. The molecule has 112 valence electrons. The van der Waals surface area contributed by atoms with Gasteiger partial charge in [-0.15, -0.1) is 0 Å². The van der Waals surface area contributed by atoms with Crippen molar-refractivity contribution < 1.29 is 4.74 Å². The van der Waals surface area contributed by atoms with Gasteiger partial charge in [0.25, 0.3) is 0 Å². The lowest BCUT2D eigenvalue weighted by molar-refractivity contribution is 0.0576. The summed E-state index contributed by atoms with van der Waals surface area (Å²) in [4.78, 5) is 6.61. The van der Waals surface area contributed by atoms with E-state index in [0.717, 1.165) is 26.3 Å². The van der Waals surface area contributed by atoms with Gasteiger partial charge in [-0.25, -0.2) is 0 Å². The Hall–Kier alpha value is -1.13. The molecule has 1 aliphatic rings. The maximum absolute atomic E-state index is 5.58. The van der Waals surface area contributed by atoms with Gasteiger partial charge in [0, 0.05) is 56.4 Å². The molecule has 2 rings (SSSR count). The molecule has 0 amide bonds. The van der Waals surface area contributed by atoms with Crippen LogP contribution in [0.5, 0.6) is 0 Å². The Morgan fingerprint density at radius 1 is 1.50 bits per heavy atom. The van der Waals surface area contributed by atoms with Crippen LogP contribution in [0, 0.1) is 5.92 Å². The Kier molecular flexibility index (Phi) is 5.80. The predicted molar refractivity (Wildman–Crippen MR) is 83.0 cm³/mol. The first-order valence-corrected chi connectivity index (χ1v) is 7.62. The topological polar surface area (TPSA) is 37.4 Å². The van der Waals surface area contributed by atoms with Crippen molar-refractivity contribution in [1.82, 2.24) is 10.3 Å². The number of aromatic nitrogens is 1. The van der Waals surface area contributed by atoms with E-state index < -0.39 is 0 Å². The number of hydrogen-bond donors (Lipinski definition) is 1. The van der Waals surface area contributed by atoms with Crippen LogP contribution >= 0.6 is 0 Å². The monoisotopic (exact) mass is 277 g/mol. The quantitative estimate of drug-likeness (QED) is 0.866. The highest BCUT2D eigenvalue weighted by molar-refractivity contribution is 5.51. The molecule has 1 unspecified atom stereocenters. The number of anilines is 1. The molecule has 4 nitrogen and oxygen atoms in total. The van der Waals surface area contributed by atoms with Crippen molar-refractivity contribution in [3.8, 4) is 0 Å². The zero-order valence-corrected chi connectivity index (χ0v) is 12.9. The minimum atomic E-state index is 0.486. The third kappa shape index (κ3) is 4.46. The molecular weight excluding hydrogens is 250 g/mol. The van der Waals surface area contributed by atoms with Crippen LogP contribution in [-0.2, 0) is 11.3 Å². The van der Waals surface area contributed by atoms with Crippen LogP contribution in [0.3, 0.4) is 0 Å². The van der Waals surface area contributed by atoms with Gasteiger partial charge >= 0.3 is 0 Å². The molecule has 1 aromatic heterocycles. The molecular formula is C16H27N3O. The summed E-state index contributed by atoms with van der Waals surface area (Å²) in [5.74, 6) is 0.646. The van der Waals surface area contributed by atoms with Gasteiger partial charge in [-0.2, -0.15) is 0 Å². The van der Waals surface area contributed by atoms with E-state index >= 15 is 0 Å². The van der Waals surface area contributed by atoms with Crippen molar-refractivity contribution in [3.05, 3.63) is 24.0 Å². The van der Waals surface area contributed by atoms with Crippen LogP contribution in [0.2, 0.25) is 0 Å². The van der Waals surface area contributed by atoms with Crippen molar-refractivity contribution >= 4 is 5.69 Å². The molecule has 0 bridgehead atoms. The van der Waals surface area contributed by atoms with E-state index in [0.29, 0.717) is 12.0 Å². The van der Waals surface area contributed by atoms with E-state index in [9.17, 15) is 0 Å². The molecule has 0 spiro atoms. The average molecular weight is 277 g/mol. The fourth-order valence-corrected chi connectivity index (χ4v) is 2.68. The minimum absolute atomic E-state index is 0.486. The van der Waals surface area contributed by atoms with E-state index in [-0.39, 0.29) is 0 Å². The Bertz CT molecular complexity index is 402. The Morgan fingerprint density at radius 2 is 2.35 bits per heavy atom. The molecule has 1 aromatic rings. The van der Waals surface area contributed by atoms with E-state index in [2.05, 4.69) is 42.2 Å². The summed E-state index contributed by atoms with van der Waals surface area (Å²) in [6.07, 6.45) is 6.31. The minimum Gasteiger partial charge on any atom is -0.381 e. The summed E-state index contributed by atoms with van der Waals surface area (Å²) < 4.78 is 5.58. The van der Waals surface area contributed by atoms with Crippen molar-refractivity contribution in [3.63, 3.8) is 0 Å². The van der Waals surface area contributed by atoms with Gasteiger partial charge in [0.1, 0.15) is 0 Å². The molecule has 1 aliphatic heterocycles. The summed E-state index contributed by atoms with van der Waals surface area (Å²) in [7, 11) is 2.17. The first-order valence-electron chi connectivity index (χ1n) is 7.62. The van der Waals surface area contributed by atoms with Crippen LogP contribution in [0.4, 0.5) is 5.69 Å². The summed E-state index contributed by atoms with van der Waals surface area (Å²) in [5.41, 5.74) is 2.54. The highest BCUT2D eigenvalue weighted by Gasteiger charge is 2.17. The lowest BCUT2D eigenvalue weighted by Crippen LogP contribution is -2.32. The van der Waals surface area contributed by atoms with Gasteiger partial charge in [-0.1, -0.05) is 13.8 Å². The second-order valence-electron chi connectivity index (χ2n) is 6.00. The fraction of sp³-hybridized carbons (Fsp3) is 0.688. The first kappa shape index (κ1) is 15.3. The lowest BCUT2D eigenvalue weighted by Gasteiger charge is -2.29. The van der Waals surface area contributed by atoms with Crippen molar-refractivity contribution in [2.45, 2.75) is 39.3 Å². The zero-order chi connectivity index (χ0) is 14.4. The lowest BCUT2D eigenvalue weighted by atomic mass is 10.0. The molecule has 0 aromatic carbocycles. The molecule has 0 radical (unpaired) electrons. The fourth-order valence-electron chi connectivity index (χ4n) is 2.68. The van der Waals surface area contributed by atoms with Crippen LogP contribution in [0.25, 0.3) is 0 Å². The Morgan fingerprint density at radius 3 is 3.05 bits per heavy atom. The predicted octanol–water partition coefficient (Wildman–Crippen LogP) is 2.44. The second-order valence-corrected chi connectivity index (χ2v) is 6.00. The largest absolute Gasteiger partial charge is 0.381 e. The van der Waals surface area contributed by atoms with Crippen molar-refractivity contribution in [1.29, 1.82) is 0 Å². The van der Waals surface area contributed by atoms with Crippen LogP contribution in [0.15, 0.2) is 18.5 Å². The molecule has 1 N–H and O–H groups in total. The van der Waals surface area contributed by atoms with Crippen LogP contribution in [0.1, 0.15) is 32.3 Å². The zero-order valence-electron chi connectivity index (χ0n) is 12.9. The summed E-state index contributed by atoms with van der Waals surface area (Å²) in [6.45, 7) is 8.08. The summed E-state index contributed by atoms with van der Waals surface area (Å²) in [5, 5.41) is 3.47. The van der Waals surface area contributed by atoms with Gasteiger partial charge in [-0.05, 0) is 24.8 Å².